The minimum atomic E-state index is -3.87. The Morgan fingerprint density at radius 2 is 1.89 bits per heavy atom. The SMILES string of the molecule is CCCCn1c(SC(C(=O)Nc2cc(C)ccc2OC)c2ccccc2)nc2cc(S(N)(=O)=O)ccc21. The normalized spacial score (nSPS) is 12.4. The van der Waals surface area contributed by atoms with Gasteiger partial charge in [-0.25, -0.2) is 18.5 Å². The Kier molecular flexibility index (Phi) is 8.21. The monoisotopic (exact) mass is 538 g/mol. The highest BCUT2D eigenvalue weighted by Crippen LogP contribution is 2.38. The molecule has 37 heavy (non-hydrogen) atoms. The fraction of sp³-hybridized carbons (Fsp3) is 0.259. The second kappa shape index (κ2) is 11.4. The quantitative estimate of drug-likeness (QED) is 0.266. The van der Waals surface area contributed by atoms with Crippen molar-refractivity contribution >= 4 is 44.4 Å². The number of nitrogens with two attached hydrogens (primary N) is 1. The molecule has 0 fully saturated rings. The van der Waals surface area contributed by atoms with Gasteiger partial charge in [0.05, 0.1) is 28.7 Å². The van der Waals surface area contributed by atoms with Gasteiger partial charge < -0.3 is 14.6 Å². The van der Waals surface area contributed by atoms with Crippen molar-refractivity contribution in [1.29, 1.82) is 0 Å². The molecule has 10 heteroatoms. The van der Waals surface area contributed by atoms with Crippen LogP contribution in [0, 0.1) is 6.92 Å². The molecule has 3 N–H and O–H groups in total. The number of imidazole rings is 1. The molecule has 3 aromatic carbocycles. The first-order valence-corrected chi connectivity index (χ1v) is 14.3. The summed E-state index contributed by atoms with van der Waals surface area (Å²) >= 11 is 1.32. The van der Waals surface area contributed by atoms with Gasteiger partial charge in [-0.2, -0.15) is 0 Å². The topological polar surface area (TPSA) is 116 Å². The molecule has 0 bridgehead atoms. The largest absolute Gasteiger partial charge is 0.495 e. The van der Waals surface area contributed by atoms with Crippen molar-refractivity contribution in [2.45, 2.75) is 48.5 Å². The Bertz CT molecular complexity index is 1520. The summed E-state index contributed by atoms with van der Waals surface area (Å²) in [6, 6.07) is 19.8. The van der Waals surface area contributed by atoms with Crippen LogP contribution in [0.3, 0.4) is 0 Å². The van der Waals surface area contributed by atoms with Crippen LogP contribution in [-0.4, -0.2) is 31.0 Å². The molecule has 0 saturated heterocycles. The van der Waals surface area contributed by atoms with Crippen molar-refractivity contribution in [2.24, 2.45) is 5.14 Å². The first-order chi connectivity index (χ1) is 17.7. The number of nitrogens with zero attached hydrogens (tertiary/aromatic N) is 2. The molecular formula is C27H30N4O4S2. The molecule has 1 atom stereocenters. The molecule has 4 rings (SSSR count). The fourth-order valence-corrected chi connectivity index (χ4v) is 5.68. The highest BCUT2D eigenvalue weighted by atomic mass is 32.2. The lowest BCUT2D eigenvalue weighted by Crippen LogP contribution is -2.20. The molecule has 1 amide bonds. The Balaban J connectivity index is 1.76. The number of carbonyl (C=O) groups is 1. The molecular weight excluding hydrogens is 508 g/mol. The van der Waals surface area contributed by atoms with E-state index in [2.05, 4.69) is 12.2 Å². The van der Waals surface area contributed by atoms with E-state index in [1.54, 1.807) is 13.2 Å². The van der Waals surface area contributed by atoms with Crippen molar-refractivity contribution < 1.29 is 17.9 Å². The number of sulfonamides is 1. The second-order valence-corrected chi connectivity index (χ2v) is 11.3. The minimum absolute atomic E-state index is 0.000543. The number of carbonyl (C=O) groups excluding carboxylic acids is 1. The number of aromatic nitrogens is 2. The average Bonchev–Trinajstić information content (AvgIpc) is 3.22. The predicted octanol–water partition coefficient (Wildman–Crippen LogP) is 5.27. The zero-order valence-electron chi connectivity index (χ0n) is 21.0. The third-order valence-electron chi connectivity index (χ3n) is 5.93. The molecule has 0 aliphatic rings. The maximum Gasteiger partial charge on any atom is 0.242 e. The number of nitrogens with one attached hydrogen (secondary N) is 1. The molecule has 194 valence electrons. The van der Waals surface area contributed by atoms with Crippen molar-refractivity contribution in [3.63, 3.8) is 0 Å². The van der Waals surface area contributed by atoms with E-state index in [1.807, 2.05) is 60.0 Å². The molecule has 0 saturated carbocycles. The summed E-state index contributed by atoms with van der Waals surface area (Å²) in [6.45, 7) is 4.73. The van der Waals surface area contributed by atoms with E-state index >= 15 is 0 Å². The summed E-state index contributed by atoms with van der Waals surface area (Å²) in [4.78, 5) is 18.4. The van der Waals surface area contributed by atoms with Gasteiger partial charge in [-0.1, -0.05) is 61.5 Å². The molecule has 8 nitrogen and oxygen atoms in total. The van der Waals surface area contributed by atoms with Gasteiger partial charge in [0.25, 0.3) is 0 Å². The number of anilines is 1. The summed E-state index contributed by atoms with van der Waals surface area (Å²) in [6.07, 6.45) is 1.87. The van der Waals surface area contributed by atoms with Crippen LogP contribution >= 0.6 is 11.8 Å². The number of hydrogen-bond donors (Lipinski definition) is 2. The Labute approximate surface area is 221 Å². The predicted molar refractivity (Wildman–Crippen MR) is 147 cm³/mol. The second-order valence-electron chi connectivity index (χ2n) is 8.70. The molecule has 1 unspecified atom stereocenters. The molecule has 1 aromatic heterocycles. The number of aryl methyl sites for hydroxylation is 2. The van der Waals surface area contributed by atoms with E-state index < -0.39 is 15.3 Å². The van der Waals surface area contributed by atoms with Crippen LogP contribution < -0.4 is 15.2 Å². The maximum atomic E-state index is 13.7. The third kappa shape index (κ3) is 6.15. The summed E-state index contributed by atoms with van der Waals surface area (Å²) in [5.74, 6) is 0.348. The molecule has 0 spiro atoms. The van der Waals surface area contributed by atoms with Gasteiger partial charge in [0.1, 0.15) is 11.0 Å². The Morgan fingerprint density at radius 1 is 1.14 bits per heavy atom. The Hall–Kier alpha value is -3.34. The molecule has 0 radical (unpaired) electrons. The van der Waals surface area contributed by atoms with Gasteiger partial charge in [-0.3, -0.25) is 4.79 Å². The lowest BCUT2D eigenvalue weighted by molar-refractivity contribution is -0.115. The molecule has 0 aliphatic heterocycles. The van der Waals surface area contributed by atoms with E-state index in [9.17, 15) is 13.2 Å². The smallest absolute Gasteiger partial charge is 0.242 e. The van der Waals surface area contributed by atoms with Crippen LogP contribution in [0.5, 0.6) is 5.75 Å². The van der Waals surface area contributed by atoms with Crippen molar-refractivity contribution in [3.05, 3.63) is 77.9 Å². The molecule has 0 aliphatic carbocycles. The maximum absolute atomic E-state index is 13.7. The van der Waals surface area contributed by atoms with E-state index in [0.29, 0.717) is 28.7 Å². The number of amides is 1. The van der Waals surface area contributed by atoms with E-state index in [4.69, 9.17) is 14.9 Å². The number of unbranched alkanes of at least 4 members (excludes halogenated alkanes) is 1. The average molecular weight is 539 g/mol. The zero-order valence-corrected chi connectivity index (χ0v) is 22.6. The van der Waals surface area contributed by atoms with Gasteiger partial charge in [0.15, 0.2) is 5.16 Å². The lowest BCUT2D eigenvalue weighted by Gasteiger charge is -2.19. The third-order valence-corrected chi connectivity index (χ3v) is 8.08. The van der Waals surface area contributed by atoms with E-state index in [0.717, 1.165) is 29.5 Å². The number of primary sulfonamides is 1. The van der Waals surface area contributed by atoms with Crippen molar-refractivity contribution in [2.75, 3.05) is 12.4 Å². The molecule has 4 aromatic rings. The number of methoxy groups -OCH3 is 1. The lowest BCUT2D eigenvalue weighted by atomic mass is 10.1. The van der Waals surface area contributed by atoms with Crippen LogP contribution in [0.4, 0.5) is 5.69 Å². The summed E-state index contributed by atoms with van der Waals surface area (Å²) in [5.41, 5.74) is 3.70. The van der Waals surface area contributed by atoms with Crippen LogP contribution in [0.1, 0.15) is 36.1 Å². The standard InChI is InChI=1S/C27H30N4O4S2/c1-4-5-15-31-23-13-12-20(37(28,33)34)17-21(23)30-27(31)36-25(19-9-7-6-8-10-19)26(32)29-22-16-18(2)11-14-24(22)35-3/h6-14,16-17,25H,4-5,15H2,1-3H3,(H,29,32)(H2,28,33,34). The van der Waals surface area contributed by atoms with Gasteiger partial charge in [0, 0.05) is 6.54 Å². The number of fused-ring (bicyclic) bond motifs is 1. The van der Waals surface area contributed by atoms with Gasteiger partial charge in [-0.15, -0.1) is 0 Å². The van der Waals surface area contributed by atoms with Crippen LogP contribution in [-0.2, 0) is 21.4 Å². The van der Waals surface area contributed by atoms with Gasteiger partial charge in [0.2, 0.25) is 15.9 Å². The fourth-order valence-electron chi connectivity index (χ4n) is 4.01. The summed E-state index contributed by atoms with van der Waals surface area (Å²) in [5, 5.41) is 8.37. The number of thioether (sulfide) groups is 1. The Morgan fingerprint density at radius 3 is 2.57 bits per heavy atom. The van der Waals surface area contributed by atoms with Gasteiger partial charge in [-0.05, 0) is 54.8 Å². The highest BCUT2D eigenvalue weighted by molar-refractivity contribution is 8.00. The number of ether oxygens (including phenoxy) is 1. The van der Waals surface area contributed by atoms with E-state index in [1.165, 1.54) is 23.9 Å². The van der Waals surface area contributed by atoms with Crippen LogP contribution in [0.15, 0.2) is 76.8 Å². The zero-order chi connectivity index (χ0) is 26.6. The van der Waals surface area contributed by atoms with E-state index in [-0.39, 0.29) is 10.8 Å². The number of rotatable bonds is 10. The van der Waals surface area contributed by atoms with Crippen molar-refractivity contribution in [1.82, 2.24) is 9.55 Å². The highest BCUT2D eigenvalue weighted by Gasteiger charge is 2.26. The summed E-state index contributed by atoms with van der Waals surface area (Å²) in [7, 11) is -2.31. The number of hydrogen-bond acceptors (Lipinski definition) is 6. The summed E-state index contributed by atoms with van der Waals surface area (Å²) < 4.78 is 31.3. The first-order valence-electron chi connectivity index (χ1n) is 11.9. The number of benzene rings is 3. The van der Waals surface area contributed by atoms with Gasteiger partial charge >= 0.3 is 0 Å². The van der Waals surface area contributed by atoms with Crippen LogP contribution in [0.2, 0.25) is 0 Å². The van der Waals surface area contributed by atoms with Crippen LogP contribution in [0.25, 0.3) is 11.0 Å². The van der Waals surface area contributed by atoms with Crippen molar-refractivity contribution in [3.8, 4) is 5.75 Å². The molecule has 1 heterocycles. The first kappa shape index (κ1) is 26.7. The minimum Gasteiger partial charge on any atom is -0.495 e.